The highest BCUT2D eigenvalue weighted by atomic mass is 32.2. The first-order valence-electron chi connectivity index (χ1n) is 9.44. The molecule has 0 spiro atoms. The monoisotopic (exact) mass is 429 g/mol. The first kappa shape index (κ1) is 21.1. The number of sulfone groups is 1. The molecule has 2 aromatic carbocycles. The Hall–Kier alpha value is -2.58. The van der Waals surface area contributed by atoms with Crippen LogP contribution in [0.25, 0.3) is 0 Å². The molecule has 0 unspecified atom stereocenters. The molecule has 1 N–H and O–H groups in total. The molecule has 8 heteroatoms. The highest BCUT2D eigenvalue weighted by molar-refractivity contribution is 7.90. The van der Waals surface area contributed by atoms with Gasteiger partial charge in [-0.1, -0.05) is 55.5 Å². The maximum Gasteiger partial charge on any atom is 0.257 e. The molecule has 3 aromatic rings. The van der Waals surface area contributed by atoms with E-state index in [0.717, 1.165) is 17.8 Å². The Bertz CT molecular complexity index is 1080. The third-order valence-electron chi connectivity index (χ3n) is 4.64. The summed E-state index contributed by atoms with van der Waals surface area (Å²) in [5.74, 6) is -0.170. The normalized spacial score (nSPS) is 11.6. The van der Waals surface area contributed by atoms with Crippen molar-refractivity contribution < 1.29 is 13.2 Å². The van der Waals surface area contributed by atoms with Crippen molar-refractivity contribution in [3.63, 3.8) is 0 Å². The van der Waals surface area contributed by atoms with Crippen LogP contribution in [0.3, 0.4) is 0 Å². The van der Waals surface area contributed by atoms with E-state index in [4.69, 9.17) is 0 Å². The van der Waals surface area contributed by atoms with Crippen LogP contribution in [0.2, 0.25) is 0 Å². The molecular formula is C21H23N3O3S2. The average molecular weight is 430 g/mol. The van der Waals surface area contributed by atoms with Crippen LogP contribution >= 0.6 is 11.3 Å². The zero-order valence-electron chi connectivity index (χ0n) is 16.3. The van der Waals surface area contributed by atoms with E-state index in [2.05, 4.69) is 29.4 Å². The number of nitrogens with zero attached hydrogens (tertiary/aromatic N) is 2. The molecule has 0 atom stereocenters. The standard InChI is InChI=1S/C21H23N3O3S2/c1-3-16(4-2)20-23-24-21(28-20)22-19(25)17-10-8-9-15(13-17)14-29(26,27)18-11-6-5-7-12-18/h5-13,16H,3-4,14H2,1-2H3,(H,22,24,25). The summed E-state index contributed by atoms with van der Waals surface area (Å²) in [5.41, 5.74) is 0.932. The minimum Gasteiger partial charge on any atom is -0.296 e. The van der Waals surface area contributed by atoms with Gasteiger partial charge in [-0.3, -0.25) is 10.1 Å². The topological polar surface area (TPSA) is 89.0 Å². The van der Waals surface area contributed by atoms with Crippen LogP contribution in [0.5, 0.6) is 0 Å². The zero-order chi connectivity index (χ0) is 20.9. The van der Waals surface area contributed by atoms with Gasteiger partial charge in [-0.25, -0.2) is 8.42 Å². The van der Waals surface area contributed by atoms with E-state index in [0.29, 0.717) is 22.2 Å². The Balaban J connectivity index is 1.73. The lowest BCUT2D eigenvalue weighted by Gasteiger charge is -2.07. The van der Waals surface area contributed by atoms with Gasteiger partial charge in [0.1, 0.15) is 5.01 Å². The first-order chi connectivity index (χ1) is 13.9. The minimum absolute atomic E-state index is 0.171. The van der Waals surface area contributed by atoms with Gasteiger partial charge in [0.15, 0.2) is 9.84 Å². The first-order valence-corrected chi connectivity index (χ1v) is 11.9. The summed E-state index contributed by atoms with van der Waals surface area (Å²) < 4.78 is 25.2. The summed E-state index contributed by atoms with van der Waals surface area (Å²) in [6, 6.07) is 14.9. The third-order valence-corrected chi connectivity index (χ3v) is 7.35. The van der Waals surface area contributed by atoms with E-state index in [1.807, 2.05) is 0 Å². The van der Waals surface area contributed by atoms with Crippen LogP contribution in [0.4, 0.5) is 5.13 Å². The maximum absolute atomic E-state index is 12.6. The van der Waals surface area contributed by atoms with Gasteiger partial charge in [-0.15, -0.1) is 10.2 Å². The molecule has 6 nitrogen and oxygen atoms in total. The summed E-state index contributed by atoms with van der Waals surface area (Å²) in [6.07, 6.45) is 1.94. The molecule has 1 heterocycles. The number of benzene rings is 2. The van der Waals surface area contributed by atoms with Gasteiger partial charge < -0.3 is 0 Å². The Morgan fingerprint density at radius 3 is 2.45 bits per heavy atom. The molecule has 0 saturated heterocycles. The lowest BCUT2D eigenvalue weighted by molar-refractivity contribution is 0.102. The molecule has 0 fully saturated rings. The molecule has 152 valence electrons. The van der Waals surface area contributed by atoms with E-state index < -0.39 is 9.84 Å². The van der Waals surface area contributed by atoms with Crippen molar-refractivity contribution in [2.45, 2.75) is 43.3 Å². The molecule has 0 saturated carbocycles. The highest BCUT2D eigenvalue weighted by Gasteiger charge is 2.18. The van der Waals surface area contributed by atoms with Crippen LogP contribution in [0.1, 0.15) is 53.5 Å². The van der Waals surface area contributed by atoms with Crippen LogP contribution in [0.15, 0.2) is 59.5 Å². The van der Waals surface area contributed by atoms with Crippen molar-refractivity contribution in [3.8, 4) is 0 Å². The highest BCUT2D eigenvalue weighted by Crippen LogP contribution is 2.28. The van der Waals surface area contributed by atoms with Gasteiger partial charge in [0, 0.05) is 11.5 Å². The molecule has 0 bridgehead atoms. The molecule has 3 rings (SSSR count). The van der Waals surface area contributed by atoms with Gasteiger partial charge >= 0.3 is 0 Å². The van der Waals surface area contributed by atoms with Gasteiger partial charge in [0.05, 0.1) is 10.6 Å². The summed E-state index contributed by atoms with van der Waals surface area (Å²) >= 11 is 1.37. The average Bonchev–Trinajstić information content (AvgIpc) is 3.17. The molecule has 1 amide bonds. The number of hydrogen-bond acceptors (Lipinski definition) is 6. The Morgan fingerprint density at radius 2 is 1.76 bits per heavy atom. The van der Waals surface area contributed by atoms with Crippen molar-refractivity contribution in [1.29, 1.82) is 0 Å². The Morgan fingerprint density at radius 1 is 1.03 bits per heavy atom. The van der Waals surface area contributed by atoms with E-state index >= 15 is 0 Å². The van der Waals surface area contributed by atoms with Crippen molar-refractivity contribution in [2.24, 2.45) is 0 Å². The second kappa shape index (κ2) is 9.28. The zero-order valence-corrected chi connectivity index (χ0v) is 18.0. The number of rotatable bonds is 8. The van der Waals surface area contributed by atoms with Crippen LogP contribution in [0, 0.1) is 0 Å². The second-order valence-corrected chi connectivity index (χ2v) is 9.68. The predicted octanol–water partition coefficient (Wildman–Crippen LogP) is 4.67. The number of amides is 1. The molecule has 29 heavy (non-hydrogen) atoms. The van der Waals surface area contributed by atoms with Crippen molar-refractivity contribution in [3.05, 3.63) is 70.7 Å². The van der Waals surface area contributed by atoms with E-state index in [-0.39, 0.29) is 16.6 Å². The van der Waals surface area contributed by atoms with Gasteiger partial charge in [0.2, 0.25) is 5.13 Å². The Labute approximate surface area is 174 Å². The number of carbonyl (C=O) groups is 1. The SMILES string of the molecule is CCC(CC)c1nnc(NC(=O)c2cccc(CS(=O)(=O)c3ccccc3)c2)s1. The van der Waals surface area contributed by atoms with E-state index in [9.17, 15) is 13.2 Å². The summed E-state index contributed by atoms with van der Waals surface area (Å²) in [4.78, 5) is 12.9. The van der Waals surface area contributed by atoms with E-state index in [1.54, 1.807) is 54.6 Å². The fourth-order valence-corrected chi connectivity index (χ4v) is 5.35. The third kappa shape index (κ3) is 5.27. The number of aromatic nitrogens is 2. The van der Waals surface area contributed by atoms with Gasteiger partial charge in [-0.2, -0.15) is 0 Å². The Kier molecular flexibility index (Phi) is 6.76. The summed E-state index contributed by atoms with van der Waals surface area (Å²) in [5, 5.41) is 12.4. The molecule has 0 aliphatic rings. The predicted molar refractivity (Wildman–Crippen MR) is 115 cm³/mol. The number of anilines is 1. The lowest BCUT2D eigenvalue weighted by atomic mass is 10.1. The smallest absolute Gasteiger partial charge is 0.257 e. The van der Waals surface area contributed by atoms with Gasteiger partial charge in [0.25, 0.3) is 5.91 Å². The molecule has 0 aliphatic heterocycles. The van der Waals surface area contributed by atoms with Crippen LogP contribution in [-0.4, -0.2) is 24.5 Å². The van der Waals surface area contributed by atoms with Crippen LogP contribution < -0.4 is 5.32 Å². The van der Waals surface area contributed by atoms with Crippen molar-refractivity contribution >= 4 is 32.2 Å². The van der Waals surface area contributed by atoms with Gasteiger partial charge in [-0.05, 0) is 42.7 Å². The quantitative estimate of drug-likeness (QED) is 0.562. The molecular weight excluding hydrogens is 406 g/mol. The number of carbonyl (C=O) groups excluding carboxylic acids is 1. The van der Waals surface area contributed by atoms with Crippen molar-refractivity contribution in [1.82, 2.24) is 10.2 Å². The molecule has 1 aromatic heterocycles. The second-order valence-electron chi connectivity index (χ2n) is 6.69. The molecule has 0 radical (unpaired) electrons. The fraction of sp³-hybridized carbons (Fsp3) is 0.286. The number of nitrogens with one attached hydrogen (secondary N) is 1. The molecule has 0 aliphatic carbocycles. The largest absolute Gasteiger partial charge is 0.296 e. The van der Waals surface area contributed by atoms with Crippen LogP contribution in [-0.2, 0) is 15.6 Å². The number of hydrogen-bond donors (Lipinski definition) is 1. The van der Waals surface area contributed by atoms with E-state index in [1.165, 1.54) is 11.3 Å². The summed E-state index contributed by atoms with van der Waals surface area (Å²) in [7, 11) is -3.48. The maximum atomic E-state index is 12.6. The van der Waals surface area contributed by atoms with Crippen molar-refractivity contribution in [2.75, 3.05) is 5.32 Å². The lowest BCUT2D eigenvalue weighted by Crippen LogP contribution is -2.12. The fourth-order valence-electron chi connectivity index (χ4n) is 2.99. The summed E-state index contributed by atoms with van der Waals surface area (Å²) in [6.45, 7) is 4.20. The minimum atomic E-state index is -3.48.